The Labute approximate surface area is 131 Å². The van der Waals surface area contributed by atoms with Crippen LogP contribution in [0, 0.1) is 0 Å². The van der Waals surface area contributed by atoms with Gasteiger partial charge in [-0.3, -0.25) is 0 Å². The summed E-state index contributed by atoms with van der Waals surface area (Å²) in [7, 11) is 0. The van der Waals surface area contributed by atoms with E-state index in [1.807, 2.05) is 12.1 Å². The maximum absolute atomic E-state index is 4.49. The van der Waals surface area contributed by atoms with Crippen LogP contribution in [0.3, 0.4) is 0 Å². The molecule has 0 bridgehead atoms. The van der Waals surface area contributed by atoms with Crippen LogP contribution in [0.5, 0.6) is 0 Å². The first kappa shape index (κ1) is 14.3. The monoisotopic (exact) mass is 345 g/mol. The van der Waals surface area contributed by atoms with Gasteiger partial charge in [-0.2, -0.15) is 0 Å². The van der Waals surface area contributed by atoms with Crippen molar-refractivity contribution in [2.24, 2.45) is 0 Å². The van der Waals surface area contributed by atoms with Crippen molar-refractivity contribution >= 4 is 31.7 Å². The Kier molecular flexibility index (Phi) is 3.83. The molecule has 1 aromatic heterocycles. The number of rotatable bonds is 3. The first-order valence-corrected chi connectivity index (χ1v) is 8.62. The van der Waals surface area contributed by atoms with Crippen LogP contribution in [0.15, 0.2) is 42.5 Å². The van der Waals surface area contributed by atoms with Crippen LogP contribution in [0.2, 0.25) is 0 Å². The van der Waals surface area contributed by atoms with E-state index < -0.39 is 0 Å². The molecule has 0 unspecified atom stereocenters. The van der Waals surface area contributed by atoms with Gasteiger partial charge in [0.15, 0.2) is 0 Å². The van der Waals surface area contributed by atoms with Crippen molar-refractivity contribution in [3.8, 4) is 0 Å². The first-order valence-electron chi connectivity index (χ1n) is 7.08. The van der Waals surface area contributed by atoms with E-state index in [1.165, 1.54) is 11.1 Å². The summed E-state index contributed by atoms with van der Waals surface area (Å²) in [5.74, 6) is 0. The van der Waals surface area contributed by atoms with Gasteiger partial charge in [-0.1, -0.05) is 0 Å². The van der Waals surface area contributed by atoms with Crippen LogP contribution in [0.4, 0.5) is 5.69 Å². The Balaban J connectivity index is 1.74. The predicted octanol–water partition coefficient (Wildman–Crippen LogP) is 3.60. The van der Waals surface area contributed by atoms with E-state index in [9.17, 15) is 0 Å². The zero-order valence-electron chi connectivity index (χ0n) is 12.6. The van der Waals surface area contributed by atoms with Crippen LogP contribution in [0.1, 0.15) is 31.9 Å². The molecule has 0 saturated heterocycles. The molecule has 0 atom stereocenters. The van der Waals surface area contributed by atoms with Crippen molar-refractivity contribution in [2.75, 3.05) is 5.32 Å². The standard InChI is InChI=1S/C17H19N3Se/c1-17(2,3)13-9-7-12(8-10-13)11-18-14-5-4-6-15-16(14)20-21-19-15/h4-10,18H,11H2,1-3H3. The van der Waals surface area contributed by atoms with Crippen molar-refractivity contribution in [3.63, 3.8) is 0 Å². The molecule has 1 heterocycles. The van der Waals surface area contributed by atoms with E-state index in [-0.39, 0.29) is 20.4 Å². The third kappa shape index (κ3) is 3.17. The summed E-state index contributed by atoms with van der Waals surface area (Å²) in [4.78, 5) is 0. The molecule has 1 N–H and O–H groups in total. The quantitative estimate of drug-likeness (QED) is 0.738. The number of hydrogen-bond donors (Lipinski definition) is 1. The zero-order valence-corrected chi connectivity index (χ0v) is 14.3. The summed E-state index contributed by atoms with van der Waals surface area (Å²) < 4.78 is 8.90. The van der Waals surface area contributed by atoms with Crippen LogP contribution >= 0.6 is 0 Å². The fraction of sp³-hybridized carbons (Fsp3) is 0.294. The normalized spacial score (nSPS) is 11.8. The molecule has 0 fully saturated rings. The Morgan fingerprint density at radius 1 is 1.00 bits per heavy atom. The molecule has 4 heteroatoms. The molecular weight excluding hydrogens is 325 g/mol. The molecule has 21 heavy (non-hydrogen) atoms. The Hall–Kier alpha value is -1.64. The molecule has 3 aromatic rings. The van der Waals surface area contributed by atoms with Crippen molar-refractivity contribution < 1.29 is 0 Å². The molecule has 0 spiro atoms. The third-order valence-electron chi connectivity index (χ3n) is 3.59. The molecule has 0 amide bonds. The number of nitrogens with zero attached hydrogens (tertiary/aromatic N) is 2. The van der Waals surface area contributed by atoms with Crippen molar-refractivity contribution in [1.82, 2.24) is 7.96 Å². The second-order valence-corrected chi connectivity index (χ2v) is 7.35. The molecule has 0 saturated carbocycles. The van der Waals surface area contributed by atoms with E-state index in [0.29, 0.717) is 0 Å². The molecule has 2 aromatic carbocycles. The number of aromatic nitrogens is 2. The van der Waals surface area contributed by atoms with Crippen molar-refractivity contribution in [3.05, 3.63) is 53.6 Å². The van der Waals surface area contributed by atoms with Crippen LogP contribution < -0.4 is 5.32 Å². The summed E-state index contributed by atoms with van der Waals surface area (Å²) in [6, 6.07) is 15.0. The summed E-state index contributed by atoms with van der Waals surface area (Å²) in [5, 5.41) is 3.48. The Morgan fingerprint density at radius 2 is 1.76 bits per heavy atom. The molecule has 3 nitrogen and oxygen atoms in total. The van der Waals surface area contributed by atoms with Gasteiger partial charge in [0.2, 0.25) is 0 Å². The second-order valence-electron chi connectivity index (χ2n) is 6.24. The van der Waals surface area contributed by atoms with E-state index in [1.54, 1.807) is 0 Å². The molecular formula is C17H19N3Se. The second kappa shape index (κ2) is 5.63. The van der Waals surface area contributed by atoms with Crippen LogP contribution in [0.25, 0.3) is 11.0 Å². The summed E-state index contributed by atoms with van der Waals surface area (Å²) in [5.41, 5.74) is 5.96. The van der Waals surface area contributed by atoms with Gasteiger partial charge in [-0.05, 0) is 0 Å². The topological polar surface area (TPSA) is 37.8 Å². The van der Waals surface area contributed by atoms with E-state index >= 15 is 0 Å². The molecule has 108 valence electrons. The number of nitrogens with one attached hydrogen (secondary N) is 1. The number of hydrogen-bond acceptors (Lipinski definition) is 3. The van der Waals surface area contributed by atoms with E-state index in [0.717, 1.165) is 23.3 Å². The van der Waals surface area contributed by atoms with Crippen molar-refractivity contribution in [1.29, 1.82) is 0 Å². The van der Waals surface area contributed by atoms with Gasteiger partial charge < -0.3 is 0 Å². The Bertz CT molecular complexity index is 739. The molecule has 0 radical (unpaired) electrons. The SMILES string of the molecule is CC(C)(C)c1ccc(CNc2cccc3n[se]nc23)cc1. The fourth-order valence-corrected chi connectivity index (χ4v) is 3.42. The zero-order chi connectivity index (χ0) is 14.9. The molecule has 0 aliphatic rings. The number of benzene rings is 2. The van der Waals surface area contributed by atoms with E-state index in [4.69, 9.17) is 0 Å². The van der Waals surface area contributed by atoms with Crippen LogP contribution in [-0.2, 0) is 12.0 Å². The van der Waals surface area contributed by atoms with Gasteiger partial charge >= 0.3 is 131 Å². The molecule has 3 rings (SSSR count). The summed E-state index contributed by atoms with van der Waals surface area (Å²) in [6.07, 6.45) is 0. The number of anilines is 1. The maximum atomic E-state index is 4.49. The van der Waals surface area contributed by atoms with Gasteiger partial charge in [0.25, 0.3) is 0 Å². The summed E-state index contributed by atoms with van der Waals surface area (Å²) >= 11 is 0.0223. The molecule has 0 aliphatic carbocycles. The van der Waals surface area contributed by atoms with Crippen molar-refractivity contribution in [2.45, 2.75) is 32.7 Å². The average Bonchev–Trinajstić information content (AvgIpc) is 2.93. The minimum atomic E-state index is 0.0223. The summed E-state index contributed by atoms with van der Waals surface area (Å²) in [6.45, 7) is 7.52. The first-order chi connectivity index (χ1) is 10.0. The average molecular weight is 344 g/mol. The number of fused-ring (bicyclic) bond motifs is 1. The third-order valence-corrected chi connectivity index (χ3v) is 4.73. The van der Waals surface area contributed by atoms with Gasteiger partial charge in [-0.15, -0.1) is 0 Å². The van der Waals surface area contributed by atoms with E-state index in [2.05, 4.69) is 64.4 Å². The van der Waals surface area contributed by atoms with Gasteiger partial charge in [0, 0.05) is 0 Å². The Morgan fingerprint density at radius 3 is 2.48 bits per heavy atom. The fourth-order valence-electron chi connectivity index (χ4n) is 2.27. The van der Waals surface area contributed by atoms with Gasteiger partial charge in [-0.25, -0.2) is 0 Å². The minimum absolute atomic E-state index is 0.0223. The van der Waals surface area contributed by atoms with Crippen LogP contribution in [-0.4, -0.2) is 22.9 Å². The molecule has 0 aliphatic heterocycles. The predicted molar refractivity (Wildman–Crippen MR) is 88.9 cm³/mol. The van der Waals surface area contributed by atoms with Gasteiger partial charge in [0.1, 0.15) is 0 Å². The van der Waals surface area contributed by atoms with Gasteiger partial charge in [0.05, 0.1) is 0 Å².